The van der Waals surface area contributed by atoms with Crippen molar-refractivity contribution in [3.05, 3.63) is 66.4 Å². The van der Waals surface area contributed by atoms with Crippen LogP contribution in [0.5, 0.6) is 0 Å². The molecule has 118 valence electrons. The fourth-order valence-electron chi connectivity index (χ4n) is 1.86. The number of methoxy groups -OCH3 is 1. The quantitative estimate of drug-likeness (QED) is 0.633. The van der Waals surface area contributed by atoms with Crippen LogP contribution in [0.3, 0.4) is 0 Å². The highest BCUT2D eigenvalue weighted by atomic mass is 16.5. The second-order valence-electron chi connectivity index (χ2n) is 4.62. The number of esters is 1. The second-order valence-corrected chi connectivity index (χ2v) is 4.62. The number of carbonyl (C=O) groups excluding carboxylic acids is 2. The van der Waals surface area contributed by atoms with Crippen molar-refractivity contribution in [2.75, 3.05) is 19.0 Å². The summed E-state index contributed by atoms with van der Waals surface area (Å²) < 4.78 is 4.65. The molecule has 2 rings (SSSR count). The molecular formula is C17H17N3O3. The summed E-state index contributed by atoms with van der Waals surface area (Å²) in [5, 5.41) is 5.78. The summed E-state index contributed by atoms with van der Waals surface area (Å²) in [6.07, 6.45) is 3.16. The van der Waals surface area contributed by atoms with Gasteiger partial charge in [0.25, 0.3) is 5.91 Å². The van der Waals surface area contributed by atoms with Gasteiger partial charge in [0.05, 0.1) is 12.7 Å². The van der Waals surface area contributed by atoms with Crippen LogP contribution in [-0.4, -0.2) is 30.5 Å². The van der Waals surface area contributed by atoms with Crippen LogP contribution < -0.4 is 10.6 Å². The zero-order chi connectivity index (χ0) is 16.7. The fourth-order valence-corrected chi connectivity index (χ4v) is 1.86. The number of benzene rings is 1. The van der Waals surface area contributed by atoms with Crippen molar-refractivity contribution in [3.63, 3.8) is 0 Å². The lowest BCUT2D eigenvalue weighted by molar-refractivity contribution is 0.0600. The third-order valence-corrected chi connectivity index (χ3v) is 3.01. The van der Waals surface area contributed by atoms with Gasteiger partial charge in [0.15, 0.2) is 0 Å². The van der Waals surface area contributed by atoms with Crippen LogP contribution in [0.2, 0.25) is 0 Å². The Morgan fingerprint density at radius 2 is 1.96 bits per heavy atom. The number of nitrogens with one attached hydrogen (secondary N) is 2. The fraction of sp³-hybridized carbons (Fsp3) is 0.118. The molecule has 0 saturated carbocycles. The van der Waals surface area contributed by atoms with E-state index in [1.54, 1.807) is 48.7 Å². The third-order valence-electron chi connectivity index (χ3n) is 3.01. The normalized spacial score (nSPS) is 9.78. The Balaban J connectivity index is 2.09. The van der Waals surface area contributed by atoms with Crippen molar-refractivity contribution >= 4 is 23.4 Å². The predicted molar refractivity (Wildman–Crippen MR) is 87.8 cm³/mol. The molecule has 0 aliphatic carbocycles. The summed E-state index contributed by atoms with van der Waals surface area (Å²) in [5.41, 5.74) is 1.70. The molecule has 0 saturated heterocycles. The molecule has 1 aromatic carbocycles. The molecule has 23 heavy (non-hydrogen) atoms. The number of nitrogens with zero attached hydrogens (tertiary/aromatic N) is 1. The molecule has 0 aliphatic heterocycles. The van der Waals surface area contributed by atoms with Gasteiger partial charge in [-0.2, -0.15) is 0 Å². The summed E-state index contributed by atoms with van der Waals surface area (Å²) >= 11 is 0. The SMILES string of the molecule is C=CCNC(=O)c1ccnc(Nc2ccc(C(=O)OC)cc2)c1. The maximum Gasteiger partial charge on any atom is 0.337 e. The van der Waals surface area contributed by atoms with E-state index in [1.165, 1.54) is 7.11 Å². The largest absolute Gasteiger partial charge is 0.465 e. The summed E-state index contributed by atoms with van der Waals surface area (Å²) in [4.78, 5) is 27.4. The van der Waals surface area contributed by atoms with Gasteiger partial charge in [-0.3, -0.25) is 4.79 Å². The smallest absolute Gasteiger partial charge is 0.337 e. The highest BCUT2D eigenvalue weighted by Crippen LogP contribution is 2.16. The maximum absolute atomic E-state index is 11.9. The zero-order valence-corrected chi connectivity index (χ0v) is 12.7. The van der Waals surface area contributed by atoms with Crippen molar-refractivity contribution < 1.29 is 14.3 Å². The molecule has 0 radical (unpaired) electrons. The molecule has 1 amide bonds. The second kappa shape index (κ2) is 7.74. The molecule has 0 atom stereocenters. The highest BCUT2D eigenvalue weighted by Gasteiger charge is 2.07. The lowest BCUT2D eigenvalue weighted by Gasteiger charge is -2.08. The number of ether oxygens (including phenoxy) is 1. The number of carbonyl (C=O) groups is 2. The van der Waals surface area contributed by atoms with E-state index in [4.69, 9.17) is 0 Å². The number of pyridine rings is 1. The highest BCUT2D eigenvalue weighted by molar-refractivity contribution is 5.95. The van der Waals surface area contributed by atoms with Crippen molar-refractivity contribution in [2.24, 2.45) is 0 Å². The summed E-state index contributed by atoms with van der Waals surface area (Å²) in [6.45, 7) is 3.95. The van der Waals surface area contributed by atoms with E-state index < -0.39 is 5.97 Å². The van der Waals surface area contributed by atoms with Gasteiger partial charge in [-0.15, -0.1) is 6.58 Å². The van der Waals surface area contributed by atoms with E-state index in [-0.39, 0.29) is 5.91 Å². The van der Waals surface area contributed by atoms with E-state index in [2.05, 4.69) is 26.9 Å². The van der Waals surface area contributed by atoms with Gasteiger partial charge < -0.3 is 15.4 Å². The van der Waals surface area contributed by atoms with Gasteiger partial charge in [0.2, 0.25) is 0 Å². The van der Waals surface area contributed by atoms with Crippen LogP contribution in [-0.2, 0) is 4.74 Å². The Morgan fingerprint density at radius 1 is 1.22 bits per heavy atom. The lowest BCUT2D eigenvalue weighted by atomic mass is 10.2. The molecule has 1 heterocycles. The first-order valence-corrected chi connectivity index (χ1v) is 6.94. The van der Waals surface area contributed by atoms with Crippen LogP contribution in [0.25, 0.3) is 0 Å². The Labute approximate surface area is 134 Å². The first kappa shape index (κ1) is 16.2. The van der Waals surface area contributed by atoms with Gasteiger partial charge in [-0.25, -0.2) is 9.78 Å². The number of hydrogen-bond acceptors (Lipinski definition) is 5. The standard InChI is InChI=1S/C17H17N3O3/c1-3-9-19-16(21)13-8-10-18-15(11-13)20-14-6-4-12(5-7-14)17(22)23-2/h3-8,10-11H,1,9H2,2H3,(H,18,20)(H,19,21). The third kappa shape index (κ3) is 4.41. The molecule has 0 aliphatic rings. The molecule has 0 unspecified atom stereocenters. The maximum atomic E-state index is 11.9. The molecule has 0 fully saturated rings. The average Bonchev–Trinajstić information content (AvgIpc) is 2.60. The summed E-state index contributed by atoms with van der Waals surface area (Å²) in [6, 6.07) is 10.0. The van der Waals surface area contributed by atoms with Crippen LogP contribution in [0.4, 0.5) is 11.5 Å². The number of aromatic nitrogens is 1. The van der Waals surface area contributed by atoms with Gasteiger partial charge in [-0.05, 0) is 36.4 Å². The minimum atomic E-state index is -0.393. The van der Waals surface area contributed by atoms with E-state index in [9.17, 15) is 9.59 Å². The Hall–Kier alpha value is -3.15. The Morgan fingerprint density at radius 3 is 2.61 bits per heavy atom. The monoisotopic (exact) mass is 311 g/mol. The number of hydrogen-bond donors (Lipinski definition) is 2. The molecule has 0 spiro atoms. The number of anilines is 2. The van der Waals surface area contributed by atoms with Crippen molar-refractivity contribution in [1.29, 1.82) is 0 Å². The van der Waals surface area contributed by atoms with E-state index in [0.29, 0.717) is 23.5 Å². The molecule has 6 heteroatoms. The van der Waals surface area contributed by atoms with Crippen molar-refractivity contribution in [2.45, 2.75) is 0 Å². The van der Waals surface area contributed by atoms with E-state index in [1.807, 2.05) is 0 Å². The number of amides is 1. The van der Waals surface area contributed by atoms with E-state index in [0.717, 1.165) is 5.69 Å². The van der Waals surface area contributed by atoms with E-state index >= 15 is 0 Å². The van der Waals surface area contributed by atoms with Crippen LogP contribution in [0.15, 0.2) is 55.3 Å². The number of rotatable bonds is 6. The topological polar surface area (TPSA) is 80.3 Å². The molecule has 2 aromatic rings. The molecule has 2 N–H and O–H groups in total. The van der Waals surface area contributed by atoms with Gasteiger partial charge in [0.1, 0.15) is 5.82 Å². The minimum Gasteiger partial charge on any atom is -0.465 e. The van der Waals surface area contributed by atoms with Crippen LogP contribution >= 0.6 is 0 Å². The van der Waals surface area contributed by atoms with Gasteiger partial charge in [-0.1, -0.05) is 6.08 Å². The first-order chi connectivity index (χ1) is 11.1. The molecule has 1 aromatic heterocycles. The predicted octanol–water partition coefficient (Wildman–Crippen LogP) is 2.53. The average molecular weight is 311 g/mol. The summed E-state index contributed by atoms with van der Waals surface area (Å²) in [7, 11) is 1.33. The summed E-state index contributed by atoms with van der Waals surface area (Å²) in [5.74, 6) is -0.0611. The van der Waals surface area contributed by atoms with Gasteiger partial charge >= 0.3 is 5.97 Å². The Bertz CT molecular complexity index is 711. The van der Waals surface area contributed by atoms with Gasteiger partial charge in [0, 0.05) is 24.0 Å². The molecule has 0 bridgehead atoms. The van der Waals surface area contributed by atoms with Crippen molar-refractivity contribution in [3.8, 4) is 0 Å². The van der Waals surface area contributed by atoms with Crippen LogP contribution in [0, 0.1) is 0 Å². The first-order valence-electron chi connectivity index (χ1n) is 6.94. The Kier molecular flexibility index (Phi) is 5.46. The molecular weight excluding hydrogens is 294 g/mol. The molecule has 6 nitrogen and oxygen atoms in total. The van der Waals surface area contributed by atoms with Crippen LogP contribution in [0.1, 0.15) is 20.7 Å². The minimum absolute atomic E-state index is 0.198. The zero-order valence-electron chi connectivity index (χ0n) is 12.7. The van der Waals surface area contributed by atoms with Crippen molar-refractivity contribution in [1.82, 2.24) is 10.3 Å². The lowest BCUT2D eigenvalue weighted by Crippen LogP contribution is -2.23.